The highest BCUT2D eigenvalue weighted by molar-refractivity contribution is 5.69. The van der Waals surface area contributed by atoms with Crippen LogP contribution in [0.3, 0.4) is 0 Å². The number of hydrogen-bond acceptors (Lipinski definition) is 3. The van der Waals surface area contributed by atoms with E-state index in [0.717, 1.165) is 42.1 Å². The Bertz CT molecular complexity index is 754. The lowest BCUT2D eigenvalue weighted by molar-refractivity contribution is -0.141. The number of methoxy groups -OCH3 is 1. The van der Waals surface area contributed by atoms with Crippen molar-refractivity contribution in [1.29, 1.82) is 0 Å². The van der Waals surface area contributed by atoms with Crippen LogP contribution >= 0.6 is 0 Å². The van der Waals surface area contributed by atoms with Crippen molar-refractivity contribution in [3.8, 4) is 0 Å². The van der Waals surface area contributed by atoms with E-state index in [2.05, 4.69) is 40.3 Å². The summed E-state index contributed by atoms with van der Waals surface area (Å²) in [6.07, 6.45) is 14.9. The van der Waals surface area contributed by atoms with Crippen LogP contribution in [0.5, 0.6) is 0 Å². The number of carbonyl (C=O) groups is 1. The molecule has 3 heteroatoms. The second-order valence-electron chi connectivity index (χ2n) is 12.2. The predicted octanol–water partition coefficient (Wildman–Crippen LogP) is 7.12. The maximum Gasteiger partial charge on any atom is 0.305 e. The molecule has 4 aliphatic carbocycles. The van der Waals surface area contributed by atoms with Crippen molar-refractivity contribution in [3.63, 3.8) is 0 Å². The fourth-order valence-corrected chi connectivity index (χ4v) is 8.65. The fourth-order valence-electron chi connectivity index (χ4n) is 8.65. The van der Waals surface area contributed by atoms with Gasteiger partial charge in [-0.05, 0) is 105 Å². The van der Waals surface area contributed by atoms with E-state index < -0.39 is 0 Å². The minimum absolute atomic E-state index is 0.0547. The van der Waals surface area contributed by atoms with Gasteiger partial charge in [0, 0.05) is 6.42 Å². The summed E-state index contributed by atoms with van der Waals surface area (Å²) in [5, 5.41) is 0. The first-order valence-corrected chi connectivity index (χ1v) is 13.2. The third-order valence-electron chi connectivity index (χ3n) is 10.4. The van der Waals surface area contributed by atoms with Crippen LogP contribution in [0, 0.1) is 40.4 Å². The summed E-state index contributed by atoms with van der Waals surface area (Å²) in [5.74, 6) is 3.83. The molecule has 0 aromatic carbocycles. The van der Waals surface area contributed by atoms with Crippen LogP contribution in [-0.2, 0) is 14.3 Å². The summed E-state index contributed by atoms with van der Waals surface area (Å²) in [6, 6.07) is 0. The lowest BCUT2D eigenvalue weighted by Crippen LogP contribution is -2.51. The summed E-state index contributed by atoms with van der Waals surface area (Å²) < 4.78 is 11.1. The molecule has 0 N–H and O–H groups in total. The second-order valence-corrected chi connectivity index (χ2v) is 12.2. The fraction of sp³-hybridized carbons (Fsp3) is 0.828. The van der Waals surface area contributed by atoms with Crippen molar-refractivity contribution in [3.05, 3.63) is 23.8 Å². The predicted molar refractivity (Wildman–Crippen MR) is 130 cm³/mol. The lowest BCUT2D eigenvalue weighted by Gasteiger charge is -2.58. The molecule has 0 spiro atoms. The Balaban J connectivity index is 1.46. The molecule has 4 aliphatic rings. The summed E-state index contributed by atoms with van der Waals surface area (Å²) in [7, 11) is 1.51. The Hall–Kier alpha value is -1.09. The highest BCUT2D eigenvalue weighted by Crippen LogP contribution is 2.67. The molecule has 32 heavy (non-hydrogen) atoms. The second kappa shape index (κ2) is 9.28. The highest BCUT2D eigenvalue weighted by atomic mass is 16.5. The molecule has 0 radical (unpaired) electrons. The molecule has 0 aromatic rings. The molecule has 8 atom stereocenters. The van der Waals surface area contributed by atoms with Crippen molar-refractivity contribution >= 4 is 5.97 Å². The zero-order valence-corrected chi connectivity index (χ0v) is 21.3. The molecule has 3 nitrogen and oxygen atoms in total. The summed E-state index contributed by atoms with van der Waals surface area (Å²) >= 11 is 0. The minimum Gasteiger partial charge on any atom is -0.469 e. The van der Waals surface area contributed by atoms with Crippen molar-refractivity contribution in [1.82, 2.24) is 0 Å². The Morgan fingerprint density at radius 2 is 1.97 bits per heavy atom. The van der Waals surface area contributed by atoms with Crippen LogP contribution in [0.25, 0.3) is 0 Å². The smallest absolute Gasteiger partial charge is 0.305 e. The molecule has 0 amide bonds. The van der Waals surface area contributed by atoms with E-state index in [-0.39, 0.29) is 5.97 Å². The van der Waals surface area contributed by atoms with Crippen LogP contribution < -0.4 is 0 Å². The third-order valence-corrected chi connectivity index (χ3v) is 10.4. The first-order chi connectivity index (χ1) is 15.2. The normalized spacial score (nSPS) is 41.7. The van der Waals surface area contributed by atoms with Gasteiger partial charge in [0.05, 0.1) is 19.8 Å². The number of ether oxygens (including phenoxy) is 2. The lowest BCUT2D eigenvalue weighted by atomic mass is 9.47. The standard InChI is InChI=1S/C29H46O3/c1-19(2)18-32-22-13-15-28(4)21(17-22)8-9-23-25-11-10-24(20(3)7-12-27(30)31-6)29(25,5)16-14-26(23)28/h8,20,22-26H,1,7,9-18H2,2-6H3/t20-,22+,23+,24-,25+,26+,28+,29-/m1/s1. The van der Waals surface area contributed by atoms with Gasteiger partial charge in [-0.15, -0.1) is 0 Å². The number of allylic oxidation sites excluding steroid dienone is 1. The Morgan fingerprint density at radius 1 is 1.19 bits per heavy atom. The Morgan fingerprint density at radius 3 is 2.69 bits per heavy atom. The van der Waals surface area contributed by atoms with Gasteiger partial charge in [0.1, 0.15) is 0 Å². The van der Waals surface area contributed by atoms with Gasteiger partial charge < -0.3 is 9.47 Å². The van der Waals surface area contributed by atoms with E-state index in [1.54, 1.807) is 5.57 Å². The van der Waals surface area contributed by atoms with E-state index in [0.29, 0.717) is 35.9 Å². The van der Waals surface area contributed by atoms with Gasteiger partial charge in [0.25, 0.3) is 0 Å². The first kappa shape index (κ1) is 24.0. The first-order valence-electron chi connectivity index (χ1n) is 13.2. The topological polar surface area (TPSA) is 35.5 Å². The maximum absolute atomic E-state index is 11.7. The van der Waals surface area contributed by atoms with Gasteiger partial charge in [0.15, 0.2) is 0 Å². The Labute approximate surface area is 196 Å². The quantitative estimate of drug-likeness (QED) is 0.311. The zero-order valence-electron chi connectivity index (χ0n) is 21.3. The summed E-state index contributed by atoms with van der Waals surface area (Å²) in [5.41, 5.74) is 3.64. The number of fused-ring (bicyclic) bond motifs is 5. The SMILES string of the molecule is C=C(C)CO[C@H]1CC[C@@]2(C)C(=CC[C@H]3[C@@H]4CC[C@H]([C@H](C)CCC(=O)OC)[C@@]4(C)CC[C@@H]32)C1. The maximum atomic E-state index is 11.7. The van der Waals surface area contributed by atoms with Crippen LogP contribution in [-0.4, -0.2) is 25.8 Å². The number of esters is 1. The van der Waals surface area contributed by atoms with Crippen LogP contribution in [0.2, 0.25) is 0 Å². The van der Waals surface area contributed by atoms with E-state index in [1.165, 1.54) is 52.1 Å². The van der Waals surface area contributed by atoms with Crippen LogP contribution in [0.4, 0.5) is 0 Å². The monoisotopic (exact) mass is 442 g/mol. The molecular formula is C29H46O3. The van der Waals surface area contributed by atoms with Crippen molar-refractivity contribution in [2.75, 3.05) is 13.7 Å². The highest BCUT2D eigenvalue weighted by Gasteiger charge is 2.59. The van der Waals surface area contributed by atoms with Gasteiger partial charge in [-0.2, -0.15) is 0 Å². The summed E-state index contributed by atoms with van der Waals surface area (Å²) in [6.45, 7) is 14.3. The van der Waals surface area contributed by atoms with Crippen molar-refractivity contribution in [2.24, 2.45) is 40.4 Å². The van der Waals surface area contributed by atoms with Gasteiger partial charge in [0.2, 0.25) is 0 Å². The molecule has 4 rings (SSSR count). The largest absolute Gasteiger partial charge is 0.469 e. The number of rotatable bonds is 7. The Kier molecular flexibility index (Phi) is 6.97. The minimum atomic E-state index is -0.0547. The van der Waals surface area contributed by atoms with Crippen molar-refractivity contribution < 1.29 is 14.3 Å². The molecule has 0 bridgehead atoms. The molecule has 180 valence electrons. The molecule has 3 fully saturated rings. The number of hydrogen-bond donors (Lipinski definition) is 0. The van der Waals surface area contributed by atoms with Gasteiger partial charge in [-0.25, -0.2) is 0 Å². The molecular weight excluding hydrogens is 396 g/mol. The van der Waals surface area contributed by atoms with Gasteiger partial charge in [-0.3, -0.25) is 4.79 Å². The van der Waals surface area contributed by atoms with Gasteiger partial charge in [-0.1, -0.05) is 44.6 Å². The zero-order chi connectivity index (χ0) is 23.1. The molecule has 0 saturated heterocycles. The average molecular weight is 443 g/mol. The number of carbonyl (C=O) groups excluding carboxylic acids is 1. The summed E-state index contributed by atoms with van der Waals surface area (Å²) in [4.78, 5) is 11.7. The van der Waals surface area contributed by atoms with Crippen LogP contribution in [0.1, 0.15) is 91.9 Å². The molecule has 0 aromatic heterocycles. The molecule has 0 unspecified atom stereocenters. The average Bonchev–Trinajstić information content (AvgIpc) is 3.12. The third kappa shape index (κ3) is 4.24. The van der Waals surface area contributed by atoms with Crippen molar-refractivity contribution in [2.45, 2.75) is 98.0 Å². The molecule has 0 heterocycles. The van der Waals surface area contributed by atoms with E-state index in [9.17, 15) is 4.79 Å². The molecule has 0 aliphatic heterocycles. The van der Waals surface area contributed by atoms with E-state index in [1.807, 2.05) is 0 Å². The van der Waals surface area contributed by atoms with E-state index in [4.69, 9.17) is 9.47 Å². The van der Waals surface area contributed by atoms with Crippen LogP contribution in [0.15, 0.2) is 23.8 Å². The van der Waals surface area contributed by atoms with Gasteiger partial charge >= 0.3 is 5.97 Å². The van der Waals surface area contributed by atoms with E-state index >= 15 is 0 Å². The molecule has 3 saturated carbocycles.